The van der Waals surface area contributed by atoms with Gasteiger partial charge in [-0.15, -0.1) is 0 Å². The van der Waals surface area contributed by atoms with Crippen molar-refractivity contribution >= 4 is 27.5 Å². The van der Waals surface area contributed by atoms with E-state index in [0.29, 0.717) is 13.1 Å². The molecule has 1 aromatic heterocycles. The zero-order valence-corrected chi connectivity index (χ0v) is 12.8. The summed E-state index contributed by atoms with van der Waals surface area (Å²) in [5, 5.41) is 17.6. The van der Waals surface area contributed by atoms with E-state index in [2.05, 4.69) is 26.3 Å². The first-order chi connectivity index (χ1) is 9.99. The number of carbonyl (C=O) groups excluding carboxylic acids is 1. The van der Waals surface area contributed by atoms with Crippen LogP contribution in [-0.2, 0) is 6.54 Å². The van der Waals surface area contributed by atoms with Gasteiger partial charge in [-0.2, -0.15) is 5.10 Å². The Bertz CT molecular complexity index is 684. The molecule has 2 aromatic rings. The Balaban J connectivity index is 2.00. The lowest BCUT2D eigenvalue weighted by Gasteiger charge is -2.07. The van der Waals surface area contributed by atoms with E-state index >= 15 is 0 Å². The van der Waals surface area contributed by atoms with Gasteiger partial charge in [-0.1, -0.05) is 6.07 Å². The van der Waals surface area contributed by atoms with Crippen LogP contribution in [0.5, 0.6) is 0 Å². The van der Waals surface area contributed by atoms with Crippen molar-refractivity contribution < 1.29 is 9.72 Å². The second-order valence-corrected chi connectivity index (χ2v) is 5.23. The zero-order valence-electron chi connectivity index (χ0n) is 11.2. The fourth-order valence-electron chi connectivity index (χ4n) is 1.80. The number of nitrogens with one attached hydrogen (secondary N) is 1. The Hall–Kier alpha value is -2.22. The number of halogens is 1. The maximum atomic E-state index is 12.0. The van der Waals surface area contributed by atoms with Crippen molar-refractivity contribution in [1.29, 1.82) is 0 Å². The summed E-state index contributed by atoms with van der Waals surface area (Å²) >= 11 is 3.10. The summed E-state index contributed by atoms with van der Waals surface area (Å²) in [5.74, 6) is -0.366. The first kappa shape index (κ1) is 15.2. The van der Waals surface area contributed by atoms with Gasteiger partial charge in [-0.3, -0.25) is 19.6 Å². The van der Waals surface area contributed by atoms with Crippen LogP contribution in [0.15, 0.2) is 35.1 Å². The number of aromatic nitrogens is 2. The van der Waals surface area contributed by atoms with E-state index in [4.69, 9.17) is 0 Å². The Morgan fingerprint density at radius 3 is 2.90 bits per heavy atom. The molecule has 110 valence electrons. The van der Waals surface area contributed by atoms with Gasteiger partial charge in [0.2, 0.25) is 0 Å². The highest BCUT2D eigenvalue weighted by atomic mass is 79.9. The molecule has 1 heterocycles. The number of nitrogens with zero attached hydrogens (tertiary/aromatic N) is 3. The molecule has 8 heteroatoms. The first-order valence-electron chi connectivity index (χ1n) is 6.19. The highest BCUT2D eigenvalue weighted by Gasteiger charge is 2.19. The van der Waals surface area contributed by atoms with Crippen molar-refractivity contribution in [3.05, 3.63) is 56.3 Å². The Morgan fingerprint density at radius 1 is 1.52 bits per heavy atom. The second-order valence-electron chi connectivity index (χ2n) is 4.43. The predicted molar refractivity (Wildman–Crippen MR) is 80.1 cm³/mol. The molecule has 0 aliphatic rings. The van der Waals surface area contributed by atoms with Crippen molar-refractivity contribution in [2.45, 2.75) is 13.5 Å². The van der Waals surface area contributed by atoms with Gasteiger partial charge >= 0.3 is 0 Å². The summed E-state index contributed by atoms with van der Waals surface area (Å²) in [7, 11) is 0. The smallest absolute Gasteiger partial charge is 0.284 e. The van der Waals surface area contributed by atoms with Crippen LogP contribution in [0.3, 0.4) is 0 Å². The van der Waals surface area contributed by atoms with E-state index in [1.54, 1.807) is 10.9 Å². The molecule has 21 heavy (non-hydrogen) atoms. The Labute approximate surface area is 129 Å². The summed E-state index contributed by atoms with van der Waals surface area (Å²) < 4.78 is 1.90. The molecule has 0 unspecified atom stereocenters. The minimum Gasteiger partial charge on any atom is -0.350 e. The number of aryl methyl sites for hydroxylation is 1. The van der Waals surface area contributed by atoms with Crippen LogP contribution in [0.4, 0.5) is 5.69 Å². The summed E-state index contributed by atoms with van der Waals surface area (Å²) in [6.07, 6.45) is 3.61. The average molecular weight is 353 g/mol. The van der Waals surface area contributed by atoms with E-state index in [-0.39, 0.29) is 21.6 Å². The van der Waals surface area contributed by atoms with Gasteiger partial charge in [0.15, 0.2) is 0 Å². The number of rotatable bonds is 5. The van der Waals surface area contributed by atoms with Gasteiger partial charge in [0.25, 0.3) is 11.6 Å². The van der Waals surface area contributed by atoms with Crippen molar-refractivity contribution in [1.82, 2.24) is 15.1 Å². The molecule has 0 saturated carbocycles. The van der Waals surface area contributed by atoms with Crippen LogP contribution in [0, 0.1) is 17.0 Å². The number of carbonyl (C=O) groups is 1. The van der Waals surface area contributed by atoms with E-state index in [1.165, 1.54) is 18.2 Å². The number of amides is 1. The molecule has 2 rings (SSSR count). The molecule has 0 aliphatic carbocycles. The third-order valence-corrected chi connectivity index (χ3v) is 3.64. The fraction of sp³-hybridized carbons (Fsp3) is 0.231. The number of nitro groups is 1. The zero-order chi connectivity index (χ0) is 15.4. The number of nitro benzene ring substituents is 1. The summed E-state index contributed by atoms with van der Waals surface area (Å²) in [6, 6.07) is 4.35. The van der Waals surface area contributed by atoms with Gasteiger partial charge in [0, 0.05) is 18.8 Å². The molecule has 1 aromatic carbocycles. The Kier molecular flexibility index (Phi) is 4.69. The van der Waals surface area contributed by atoms with Gasteiger partial charge in [0.1, 0.15) is 4.47 Å². The second kappa shape index (κ2) is 6.49. The van der Waals surface area contributed by atoms with Crippen molar-refractivity contribution in [2.75, 3.05) is 6.54 Å². The lowest BCUT2D eigenvalue weighted by molar-refractivity contribution is -0.385. The average Bonchev–Trinajstić information content (AvgIpc) is 2.84. The van der Waals surface area contributed by atoms with Crippen LogP contribution < -0.4 is 5.32 Å². The highest BCUT2D eigenvalue weighted by Crippen LogP contribution is 2.28. The number of benzene rings is 1. The van der Waals surface area contributed by atoms with Crippen molar-refractivity contribution in [2.24, 2.45) is 0 Å². The molecule has 0 spiro atoms. The van der Waals surface area contributed by atoms with E-state index in [9.17, 15) is 14.9 Å². The third-order valence-electron chi connectivity index (χ3n) is 2.81. The molecule has 1 N–H and O–H groups in total. The maximum absolute atomic E-state index is 12.0. The van der Waals surface area contributed by atoms with Crippen molar-refractivity contribution in [3.63, 3.8) is 0 Å². The lowest BCUT2D eigenvalue weighted by Crippen LogP contribution is -2.27. The standard InChI is InChI=1S/C13H13BrN4O3/c1-9-7-16-17(8-9)6-5-15-13(19)10-3-2-4-11(12(10)14)18(20)21/h2-4,7-8H,5-6H2,1H3,(H,15,19). The Morgan fingerprint density at radius 2 is 2.29 bits per heavy atom. The van der Waals surface area contributed by atoms with Gasteiger partial charge in [-0.25, -0.2) is 0 Å². The largest absolute Gasteiger partial charge is 0.350 e. The van der Waals surface area contributed by atoms with E-state index in [0.717, 1.165) is 5.56 Å². The van der Waals surface area contributed by atoms with Crippen LogP contribution >= 0.6 is 15.9 Å². The molecule has 0 radical (unpaired) electrons. The van der Waals surface area contributed by atoms with E-state index < -0.39 is 4.92 Å². The van der Waals surface area contributed by atoms with Crippen LogP contribution in [-0.4, -0.2) is 27.2 Å². The molecule has 0 fully saturated rings. The monoisotopic (exact) mass is 352 g/mol. The quantitative estimate of drug-likeness (QED) is 0.660. The molecular weight excluding hydrogens is 340 g/mol. The fourth-order valence-corrected chi connectivity index (χ4v) is 2.39. The van der Waals surface area contributed by atoms with Crippen LogP contribution in [0.2, 0.25) is 0 Å². The molecule has 0 atom stereocenters. The molecule has 1 amide bonds. The van der Waals surface area contributed by atoms with Crippen LogP contribution in [0.25, 0.3) is 0 Å². The summed E-state index contributed by atoms with van der Waals surface area (Å²) in [4.78, 5) is 22.3. The predicted octanol–water partition coefficient (Wildman–Crippen LogP) is 2.29. The number of hydrogen-bond acceptors (Lipinski definition) is 4. The SMILES string of the molecule is Cc1cnn(CCNC(=O)c2cccc([N+](=O)[O-])c2Br)c1. The molecule has 7 nitrogen and oxygen atoms in total. The minimum absolute atomic E-state index is 0.134. The molecule has 0 aliphatic heterocycles. The maximum Gasteiger partial charge on any atom is 0.284 e. The van der Waals surface area contributed by atoms with Gasteiger partial charge in [-0.05, 0) is 34.5 Å². The molecule has 0 bridgehead atoms. The normalized spacial score (nSPS) is 10.4. The topological polar surface area (TPSA) is 90.1 Å². The molecule has 0 saturated heterocycles. The highest BCUT2D eigenvalue weighted by molar-refractivity contribution is 9.10. The van der Waals surface area contributed by atoms with Crippen LogP contribution in [0.1, 0.15) is 15.9 Å². The van der Waals surface area contributed by atoms with E-state index in [1.807, 2.05) is 13.1 Å². The summed E-state index contributed by atoms with van der Waals surface area (Å²) in [5.41, 5.74) is 1.15. The van der Waals surface area contributed by atoms with Gasteiger partial charge < -0.3 is 5.32 Å². The third kappa shape index (κ3) is 3.66. The van der Waals surface area contributed by atoms with Gasteiger partial charge in [0.05, 0.1) is 23.2 Å². The molecular formula is C13H13BrN4O3. The lowest BCUT2D eigenvalue weighted by atomic mass is 10.2. The minimum atomic E-state index is -0.534. The number of hydrogen-bond donors (Lipinski definition) is 1. The first-order valence-corrected chi connectivity index (χ1v) is 6.98. The van der Waals surface area contributed by atoms with Crippen molar-refractivity contribution in [3.8, 4) is 0 Å². The summed E-state index contributed by atoms with van der Waals surface area (Å²) in [6.45, 7) is 2.85.